The summed E-state index contributed by atoms with van der Waals surface area (Å²) in [5, 5.41) is 0. The van der Waals surface area contributed by atoms with Crippen molar-refractivity contribution < 1.29 is 0 Å². The zero-order valence-corrected chi connectivity index (χ0v) is 14.0. The highest BCUT2D eigenvalue weighted by atomic mass is 35.5. The quantitative estimate of drug-likeness (QED) is 0.231. The van der Waals surface area contributed by atoms with Crippen molar-refractivity contribution in [2.45, 2.75) is 82.1 Å². The van der Waals surface area contributed by atoms with Crippen LogP contribution in [0.4, 0.5) is 0 Å². The molecule has 102 valence electrons. The Labute approximate surface area is 121 Å². The Morgan fingerprint density at radius 2 is 1.35 bits per heavy atom. The molecule has 0 unspecified atom stereocenters. The molecule has 17 heavy (non-hydrogen) atoms. The maximum Gasteiger partial charge on any atom is 0.107 e. The van der Waals surface area contributed by atoms with Crippen LogP contribution < -0.4 is 0 Å². The lowest BCUT2D eigenvalue weighted by Crippen LogP contribution is -1.95. The van der Waals surface area contributed by atoms with Gasteiger partial charge in [-0.15, -0.1) is 23.2 Å². The minimum absolute atomic E-state index is 0.156. The second kappa shape index (κ2) is 13.2. The first-order valence-electron chi connectivity index (χ1n) is 7.11. The van der Waals surface area contributed by atoms with E-state index in [0.717, 1.165) is 12.3 Å². The van der Waals surface area contributed by atoms with Gasteiger partial charge in [-0.05, 0) is 12.3 Å². The number of hydrogen-bond donors (Lipinski definition) is 0. The molecule has 0 aromatic heterocycles. The van der Waals surface area contributed by atoms with E-state index in [2.05, 4.69) is 13.8 Å². The smallest absolute Gasteiger partial charge is 0.105 e. The van der Waals surface area contributed by atoms with Crippen molar-refractivity contribution in [1.82, 2.24) is 0 Å². The van der Waals surface area contributed by atoms with Crippen LogP contribution in [0, 0.1) is 5.92 Å². The topological polar surface area (TPSA) is 0 Å². The lowest BCUT2D eigenvalue weighted by molar-refractivity contribution is 0.582. The molecule has 0 spiro atoms. The summed E-state index contributed by atoms with van der Waals surface area (Å²) in [5.74, 6) is 0.890. The van der Waals surface area contributed by atoms with Gasteiger partial charge < -0.3 is 0 Å². The van der Waals surface area contributed by atoms with E-state index in [4.69, 9.17) is 23.2 Å². The Morgan fingerprint density at radius 1 is 0.824 bits per heavy atom. The standard InChI is InChI=1S/C14H28Cl2Si/c1-13(2)12-17-11-9-7-5-3-4-6-8-10-14(15)16/h13-14H,3-12H2,1-2H3. The van der Waals surface area contributed by atoms with E-state index in [1.165, 1.54) is 66.6 Å². The number of halogens is 2. The van der Waals surface area contributed by atoms with E-state index in [-0.39, 0.29) is 4.84 Å². The molecule has 3 heteroatoms. The zero-order chi connectivity index (χ0) is 12.9. The molecule has 0 amide bonds. The molecular weight excluding hydrogens is 267 g/mol. The average molecular weight is 295 g/mol. The normalized spacial score (nSPS) is 11.6. The van der Waals surface area contributed by atoms with Gasteiger partial charge in [0.05, 0.1) is 0 Å². The first-order chi connectivity index (χ1) is 8.13. The first kappa shape index (κ1) is 17.8. The third-order valence-electron chi connectivity index (χ3n) is 2.83. The van der Waals surface area contributed by atoms with Gasteiger partial charge in [0, 0.05) is 9.52 Å². The molecule has 0 aromatic carbocycles. The van der Waals surface area contributed by atoms with Crippen LogP contribution in [-0.4, -0.2) is 14.4 Å². The van der Waals surface area contributed by atoms with E-state index in [1.807, 2.05) is 0 Å². The van der Waals surface area contributed by atoms with Gasteiger partial charge in [0.25, 0.3) is 0 Å². The first-order valence-corrected chi connectivity index (χ1v) is 9.40. The summed E-state index contributed by atoms with van der Waals surface area (Å²) in [6.45, 7) is 4.64. The monoisotopic (exact) mass is 294 g/mol. The van der Waals surface area contributed by atoms with Crippen LogP contribution in [0.1, 0.15) is 65.2 Å². The van der Waals surface area contributed by atoms with Crippen LogP contribution in [-0.2, 0) is 0 Å². The second-order valence-electron chi connectivity index (χ2n) is 5.25. The Kier molecular flexibility index (Phi) is 13.9. The van der Waals surface area contributed by atoms with Crippen LogP contribution in [0.15, 0.2) is 0 Å². The fraction of sp³-hybridized carbons (Fsp3) is 1.00. The molecule has 2 radical (unpaired) electrons. The molecule has 0 saturated carbocycles. The predicted octanol–water partition coefficient (Wildman–Crippen LogP) is 6.11. The van der Waals surface area contributed by atoms with Gasteiger partial charge in [0.2, 0.25) is 0 Å². The van der Waals surface area contributed by atoms with Crippen molar-refractivity contribution in [2.75, 3.05) is 0 Å². The number of rotatable bonds is 12. The molecule has 0 aromatic rings. The molecule has 0 aliphatic carbocycles. The van der Waals surface area contributed by atoms with Crippen LogP contribution in [0.3, 0.4) is 0 Å². The van der Waals surface area contributed by atoms with E-state index in [0.29, 0.717) is 0 Å². The van der Waals surface area contributed by atoms with E-state index in [9.17, 15) is 0 Å². The Hall–Kier alpha value is 0.797. The van der Waals surface area contributed by atoms with Crippen molar-refractivity contribution in [3.05, 3.63) is 0 Å². The van der Waals surface area contributed by atoms with Crippen LogP contribution in [0.25, 0.3) is 0 Å². The molecule has 0 bridgehead atoms. The molecule has 0 aliphatic heterocycles. The SMILES string of the molecule is CC(C)C[Si]CCCCCCCCCC(Cl)Cl. The van der Waals surface area contributed by atoms with Crippen LogP contribution >= 0.6 is 23.2 Å². The van der Waals surface area contributed by atoms with E-state index in [1.54, 1.807) is 0 Å². The van der Waals surface area contributed by atoms with Gasteiger partial charge in [-0.25, -0.2) is 0 Å². The average Bonchev–Trinajstić information content (AvgIpc) is 2.25. The fourth-order valence-corrected chi connectivity index (χ4v) is 3.41. The number of unbranched alkanes of at least 4 members (excludes halogenated alkanes) is 6. The summed E-state index contributed by atoms with van der Waals surface area (Å²) in [7, 11) is 1.19. The van der Waals surface area contributed by atoms with Crippen molar-refractivity contribution in [3.8, 4) is 0 Å². The van der Waals surface area contributed by atoms with E-state index >= 15 is 0 Å². The van der Waals surface area contributed by atoms with Gasteiger partial charge in [0.1, 0.15) is 4.84 Å². The number of alkyl halides is 2. The van der Waals surface area contributed by atoms with E-state index < -0.39 is 0 Å². The highest BCUT2D eigenvalue weighted by Crippen LogP contribution is 2.15. The third kappa shape index (κ3) is 16.8. The predicted molar refractivity (Wildman–Crippen MR) is 82.6 cm³/mol. The van der Waals surface area contributed by atoms with Crippen molar-refractivity contribution in [2.24, 2.45) is 5.92 Å². The second-order valence-corrected chi connectivity index (χ2v) is 7.94. The van der Waals surface area contributed by atoms with Gasteiger partial charge in [-0.1, -0.05) is 70.9 Å². The third-order valence-corrected chi connectivity index (χ3v) is 5.08. The minimum atomic E-state index is -0.156. The maximum atomic E-state index is 5.68. The summed E-state index contributed by atoms with van der Waals surface area (Å²) in [5.41, 5.74) is 0. The van der Waals surface area contributed by atoms with Gasteiger partial charge in [-0.2, -0.15) is 0 Å². The van der Waals surface area contributed by atoms with Gasteiger partial charge in [0.15, 0.2) is 0 Å². The summed E-state index contributed by atoms with van der Waals surface area (Å²) in [6.07, 6.45) is 10.5. The maximum absolute atomic E-state index is 5.68. The molecule has 0 heterocycles. The molecular formula is C14H28Cl2Si. The minimum Gasteiger partial charge on any atom is -0.105 e. The highest BCUT2D eigenvalue weighted by molar-refractivity contribution is 6.44. The summed E-state index contributed by atoms with van der Waals surface area (Å²) < 4.78 is 0. The van der Waals surface area contributed by atoms with Crippen LogP contribution in [0.2, 0.25) is 12.1 Å². The van der Waals surface area contributed by atoms with Gasteiger partial charge in [-0.3, -0.25) is 0 Å². The molecule has 0 rings (SSSR count). The lowest BCUT2D eigenvalue weighted by atomic mass is 10.1. The number of hydrogen-bond acceptors (Lipinski definition) is 0. The summed E-state index contributed by atoms with van der Waals surface area (Å²) >= 11 is 11.4. The Bertz CT molecular complexity index is 133. The molecule has 0 fully saturated rings. The van der Waals surface area contributed by atoms with Gasteiger partial charge >= 0.3 is 0 Å². The summed E-state index contributed by atoms with van der Waals surface area (Å²) in [4.78, 5) is -0.156. The molecule has 0 nitrogen and oxygen atoms in total. The molecule has 0 N–H and O–H groups in total. The largest absolute Gasteiger partial charge is 0.107 e. The summed E-state index contributed by atoms with van der Waals surface area (Å²) in [6, 6.07) is 2.89. The Morgan fingerprint density at radius 3 is 1.88 bits per heavy atom. The zero-order valence-electron chi connectivity index (χ0n) is 11.5. The van der Waals surface area contributed by atoms with Crippen LogP contribution in [0.5, 0.6) is 0 Å². The van der Waals surface area contributed by atoms with Crippen molar-refractivity contribution in [1.29, 1.82) is 0 Å². The fourth-order valence-electron chi connectivity index (χ4n) is 1.82. The molecule has 0 atom stereocenters. The van der Waals surface area contributed by atoms with Crippen molar-refractivity contribution >= 4 is 32.7 Å². The Balaban J connectivity index is 2.94. The lowest BCUT2D eigenvalue weighted by Gasteiger charge is -2.04. The molecule has 0 aliphatic rings. The molecule has 0 saturated heterocycles. The van der Waals surface area contributed by atoms with Crippen molar-refractivity contribution in [3.63, 3.8) is 0 Å². The highest BCUT2D eigenvalue weighted by Gasteiger charge is 1.98.